The molecule has 0 spiro atoms. The summed E-state index contributed by atoms with van der Waals surface area (Å²) in [5.41, 5.74) is 13.1. The first-order valence-electron chi connectivity index (χ1n) is 8.10. The SMILES string of the molecule is N/C(=C\C(=O)c1cccnc1N)Cc1ccc(Oc2cccc(F)c2)nc1. The Morgan fingerprint density at radius 3 is 2.70 bits per heavy atom. The summed E-state index contributed by atoms with van der Waals surface area (Å²) in [5.74, 6) is 0.144. The summed E-state index contributed by atoms with van der Waals surface area (Å²) in [4.78, 5) is 20.3. The number of nitrogens with two attached hydrogens (primary N) is 2. The van der Waals surface area contributed by atoms with Gasteiger partial charge in [0.2, 0.25) is 5.88 Å². The van der Waals surface area contributed by atoms with Gasteiger partial charge >= 0.3 is 0 Å². The summed E-state index contributed by atoms with van der Waals surface area (Å²) in [6.07, 6.45) is 4.75. The van der Waals surface area contributed by atoms with E-state index in [2.05, 4.69) is 9.97 Å². The van der Waals surface area contributed by atoms with Gasteiger partial charge < -0.3 is 16.2 Å². The lowest BCUT2D eigenvalue weighted by atomic mass is 10.1. The van der Waals surface area contributed by atoms with Crippen LogP contribution in [0.25, 0.3) is 0 Å². The number of allylic oxidation sites excluding steroid dienone is 2. The van der Waals surface area contributed by atoms with E-state index in [1.807, 2.05) is 0 Å². The summed E-state index contributed by atoms with van der Waals surface area (Å²) in [5, 5.41) is 0. The predicted octanol–water partition coefficient (Wildman–Crippen LogP) is 3.26. The average Bonchev–Trinajstić information content (AvgIpc) is 2.63. The van der Waals surface area contributed by atoms with E-state index in [0.717, 1.165) is 5.56 Å². The summed E-state index contributed by atoms with van der Waals surface area (Å²) in [7, 11) is 0. The van der Waals surface area contributed by atoms with Crippen LogP contribution in [0.2, 0.25) is 0 Å². The molecule has 0 saturated heterocycles. The fourth-order valence-electron chi connectivity index (χ4n) is 2.39. The number of aromatic nitrogens is 2. The Hall–Kier alpha value is -3.74. The van der Waals surface area contributed by atoms with E-state index in [0.29, 0.717) is 29.3 Å². The van der Waals surface area contributed by atoms with Crippen LogP contribution in [0.15, 0.2) is 72.7 Å². The number of hydrogen-bond donors (Lipinski definition) is 2. The van der Waals surface area contributed by atoms with Gasteiger partial charge in [-0.2, -0.15) is 0 Å². The second kappa shape index (κ2) is 8.09. The van der Waals surface area contributed by atoms with E-state index in [4.69, 9.17) is 16.2 Å². The molecule has 0 aliphatic heterocycles. The molecule has 0 atom stereocenters. The van der Waals surface area contributed by atoms with Crippen LogP contribution in [0.3, 0.4) is 0 Å². The summed E-state index contributed by atoms with van der Waals surface area (Å²) < 4.78 is 18.7. The number of hydrogen-bond acceptors (Lipinski definition) is 6. The van der Waals surface area contributed by atoms with Gasteiger partial charge in [-0.25, -0.2) is 14.4 Å². The van der Waals surface area contributed by atoms with Crippen molar-refractivity contribution in [2.45, 2.75) is 6.42 Å². The normalized spacial score (nSPS) is 11.2. The Bertz CT molecular complexity index is 987. The molecule has 0 amide bonds. The van der Waals surface area contributed by atoms with Crippen LogP contribution in [-0.4, -0.2) is 15.8 Å². The molecular weight excluding hydrogens is 347 g/mol. The lowest BCUT2D eigenvalue weighted by Crippen LogP contribution is -2.08. The zero-order chi connectivity index (χ0) is 19.2. The quantitative estimate of drug-likeness (QED) is 0.514. The van der Waals surface area contributed by atoms with Crippen molar-refractivity contribution in [3.63, 3.8) is 0 Å². The molecule has 0 aliphatic rings. The number of pyridine rings is 2. The van der Waals surface area contributed by atoms with Crippen molar-refractivity contribution in [2.24, 2.45) is 5.73 Å². The molecule has 0 bridgehead atoms. The molecule has 0 radical (unpaired) electrons. The van der Waals surface area contributed by atoms with Crippen molar-refractivity contribution >= 4 is 11.6 Å². The van der Waals surface area contributed by atoms with Crippen LogP contribution in [-0.2, 0) is 6.42 Å². The Morgan fingerprint density at radius 2 is 2.00 bits per heavy atom. The number of carbonyl (C=O) groups excluding carboxylic acids is 1. The molecule has 2 heterocycles. The maximum Gasteiger partial charge on any atom is 0.219 e. The molecular formula is C20H17FN4O2. The lowest BCUT2D eigenvalue weighted by Gasteiger charge is -2.06. The number of anilines is 1. The largest absolute Gasteiger partial charge is 0.439 e. The van der Waals surface area contributed by atoms with Gasteiger partial charge in [0.05, 0.1) is 5.56 Å². The summed E-state index contributed by atoms with van der Waals surface area (Å²) in [6.45, 7) is 0. The third-order valence-corrected chi connectivity index (χ3v) is 3.64. The van der Waals surface area contributed by atoms with Gasteiger partial charge in [-0.15, -0.1) is 0 Å². The first kappa shape index (κ1) is 18.1. The van der Waals surface area contributed by atoms with Crippen LogP contribution in [0, 0.1) is 5.82 Å². The van der Waals surface area contributed by atoms with Crippen LogP contribution in [0.4, 0.5) is 10.2 Å². The zero-order valence-corrected chi connectivity index (χ0v) is 14.3. The molecule has 3 rings (SSSR count). The highest BCUT2D eigenvalue weighted by atomic mass is 19.1. The van der Waals surface area contributed by atoms with E-state index in [9.17, 15) is 9.18 Å². The van der Waals surface area contributed by atoms with Crippen molar-refractivity contribution in [3.05, 3.63) is 89.6 Å². The van der Waals surface area contributed by atoms with Crippen LogP contribution >= 0.6 is 0 Å². The van der Waals surface area contributed by atoms with Gasteiger partial charge in [-0.3, -0.25) is 4.79 Å². The van der Waals surface area contributed by atoms with Crippen LogP contribution in [0.5, 0.6) is 11.6 Å². The van der Waals surface area contributed by atoms with Gasteiger partial charge in [0.1, 0.15) is 17.4 Å². The molecule has 136 valence electrons. The van der Waals surface area contributed by atoms with Gasteiger partial charge in [-0.1, -0.05) is 12.1 Å². The number of nitrogens with zero attached hydrogens (tertiary/aromatic N) is 2. The minimum Gasteiger partial charge on any atom is -0.439 e. The van der Waals surface area contributed by atoms with E-state index in [-0.39, 0.29) is 17.4 Å². The third-order valence-electron chi connectivity index (χ3n) is 3.64. The fourth-order valence-corrected chi connectivity index (χ4v) is 2.39. The highest BCUT2D eigenvalue weighted by molar-refractivity contribution is 6.07. The van der Waals surface area contributed by atoms with Gasteiger partial charge in [-0.05, 0) is 29.8 Å². The Labute approximate surface area is 155 Å². The number of nitrogen functional groups attached to an aromatic ring is 1. The summed E-state index contributed by atoms with van der Waals surface area (Å²) >= 11 is 0. The number of carbonyl (C=O) groups is 1. The molecule has 2 aromatic heterocycles. The van der Waals surface area contributed by atoms with Crippen molar-refractivity contribution in [3.8, 4) is 11.6 Å². The van der Waals surface area contributed by atoms with Crippen LogP contribution in [0.1, 0.15) is 15.9 Å². The molecule has 27 heavy (non-hydrogen) atoms. The highest BCUT2D eigenvalue weighted by Crippen LogP contribution is 2.20. The number of rotatable bonds is 6. The zero-order valence-electron chi connectivity index (χ0n) is 14.3. The molecule has 6 nitrogen and oxygen atoms in total. The van der Waals surface area contributed by atoms with E-state index >= 15 is 0 Å². The lowest BCUT2D eigenvalue weighted by molar-refractivity contribution is 0.104. The van der Waals surface area contributed by atoms with Crippen molar-refractivity contribution in [1.82, 2.24) is 9.97 Å². The molecule has 1 aromatic carbocycles. The standard InChI is InChI=1S/C20H17FN4O2/c21-14-3-1-4-16(10-14)27-19-7-6-13(12-25-19)9-15(22)11-18(26)17-5-2-8-24-20(17)23/h1-8,10-12H,9,22H2,(H2,23,24)/b15-11-. The average molecular weight is 364 g/mol. The van der Waals surface area contributed by atoms with E-state index in [1.165, 1.54) is 24.4 Å². The molecule has 7 heteroatoms. The first-order chi connectivity index (χ1) is 13.0. The highest BCUT2D eigenvalue weighted by Gasteiger charge is 2.09. The third kappa shape index (κ3) is 4.88. The van der Waals surface area contributed by atoms with E-state index < -0.39 is 0 Å². The molecule has 3 aromatic rings. The minimum atomic E-state index is -0.388. The smallest absolute Gasteiger partial charge is 0.219 e. The fraction of sp³-hybridized carbons (Fsp3) is 0.0500. The second-order valence-corrected chi connectivity index (χ2v) is 5.76. The van der Waals surface area contributed by atoms with Gasteiger partial charge in [0.25, 0.3) is 0 Å². The number of ether oxygens (including phenoxy) is 1. The van der Waals surface area contributed by atoms with Crippen molar-refractivity contribution in [1.29, 1.82) is 0 Å². The molecule has 0 aliphatic carbocycles. The minimum absolute atomic E-state index is 0.159. The molecule has 4 N–H and O–H groups in total. The maximum atomic E-state index is 13.2. The Kier molecular flexibility index (Phi) is 5.41. The number of benzene rings is 1. The molecule has 0 saturated carbocycles. The number of ketones is 1. The van der Waals surface area contributed by atoms with Gasteiger partial charge in [0.15, 0.2) is 5.78 Å². The van der Waals surface area contributed by atoms with Crippen molar-refractivity contribution in [2.75, 3.05) is 5.73 Å². The summed E-state index contributed by atoms with van der Waals surface area (Å²) in [6, 6.07) is 12.4. The maximum absolute atomic E-state index is 13.2. The van der Waals surface area contributed by atoms with Gasteiger partial charge in [0, 0.05) is 42.7 Å². The predicted molar refractivity (Wildman–Crippen MR) is 99.7 cm³/mol. The van der Waals surface area contributed by atoms with E-state index in [1.54, 1.807) is 42.6 Å². The Balaban J connectivity index is 1.65. The van der Waals surface area contributed by atoms with Crippen LogP contribution < -0.4 is 16.2 Å². The molecule has 0 fully saturated rings. The second-order valence-electron chi connectivity index (χ2n) is 5.76. The monoisotopic (exact) mass is 364 g/mol. The number of halogens is 1. The Morgan fingerprint density at radius 1 is 1.15 bits per heavy atom. The van der Waals surface area contributed by atoms with Crippen molar-refractivity contribution < 1.29 is 13.9 Å². The first-order valence-corrected chi connectivity index (χ1v) is 8.10. The topological polar surface area (TPSA) is 104 Å². The molecule has 0 unspecified atom stereocenters.